The third-order valence-electron chi connectivity index (χ3n) is 1.93. The lowest BCUT2D eigenvalue weighted by atomic mass is 10.2. The lowest BCUT2D eigenvalue weighted by Gasteiger charge is -2.02. The van der Waals surface area contributed by atoms with E-state index in [1.54, 1.807) is 12.1 Å². The Kier molecular flexibility index (Phi) is 3.36. The molecule has 1 aromatic heterocycles. The van der Waals surface area contributed by atoms with E-state index in [2.05, 4.69) is 4.98 Å². The summed E-state index contributed by atoms with van der Waals surface area (Å²) in [5.74, 6) is -0.492. The number of aldehydes is 1. The van der Waals surface area contributed by atoms with Crippen molar-refractivity contribution in [1.82, 2.24) is 4.98 Å². The third kappa shape index (κ3) is 2.31. The number of benzene rings is 1. The summed E-state index contributed by atoms with van der Waals surface area (Å²) in [7, 11) is 0. The zero-order valence-corrected chi connectivity index (χ0v) is 10.1. The van der Waals surface area contributed by atoms with Crippen LogP contribution in [0.4, 0.5) is 4.39 Å². The Hall–Kier alpha value is -1.20. The third-order valence-corrected chi connectivity index (χ3v) is 4.06. The van der Waals surface area contributed by atoms with Gasteiger partial charge in [-0.15, -0.1) is 11.3 Å². The molecule has 0 saturated heterocycles. The first-order chi connectivity index (χ1) is 7.70. The number of hydrogen-bond donors (Lipinski definition) is 0. The molecule has 1 aromatic carbocycles. The van der Waals surface area contributed by atoms with Crippen molar-refractivity contribution in [1.29, 1.82) is 0 Å². The molecule has 0 spiro atoms. The van der Waals surface area contributed by atoms with E-state index >= 15 is 0 Å². The van der Waals surface area contributed by atoms with Crippen molar-refractivity contribution < 1.29 is 9.18 Å². The summed E-state index contributed by atoms with van der Waals surface area (Å²) in [5.41, 5.74) is 1.02. The minimum absolute atomic E-state index is 0.0975. The van der Waals surface area contributed by atoms with Gasteiger partial charge in [-0.1, -0.05) is 17.8 Å². The Labute approximate surface area is 101 Å². The molecule has 0 fully saturated rings. The van der Waals surface area contributed by atoms with E-state index in [1.807, 2.05) is 12.3 Å². The SMILES string of the molecule is Cc1csc(Sc2cccc(F)c2C=O)n1. The summed E-state index contributed by atoms with van der Waals surface area (Å²) in [6.07, 6.45) is 0.540. The van der Waals surface area contributed by atoms with Crippen LogP contribution in [0, 0.1) is 12.7 Å². The molecule has 0 atom stereocenters. The van der Waals surface area contributed by atoms with Crippen molar-refractivity contribution in [2.24, 2.45) is 0 Å². The first kappa shape index (κ1) is 11.3. The van der Waals surface area contributed by atoms with E-state index in [-0.39, 0.29) is 5.56 Å². The van der Waals surface area contributed by atoms with Gasteiger partial charge in [0.05, 0.1) is 5.56 Å². The van der Waals surface area contributed by atoms with Gasteiger partial charge in [-0.25, -0.2) is 9.37 Å². The van der Waals surface area contributed by atoms with E-state index < -0.39 is 5.82 Å². The Morgan fingerprint density at radius 3 is 2.94 bits per heavy atom. The number of carbonyl (C=O) groups excluding carboxylic acids is 1. The van der Waals surface area contributed by atoms with Gasteiger partial charge in [0.2, 0.25) is 0 Å². The molecule has 82 valence electrons. The minimum atomic E-state index is -0.492. The van der Waals surface area contributed by atoms with E-state index in [0.717, 1.165) is 10.0 Å². The van der Waals surface area contributed by atoms with Crippen LogP contribution in [0.5, 0.6) is 0 Å². The number of thiazole rings is 1. The fourth-order valence-electron chi connectivity index (χ4n) is 1.19. The highest BCUT2D eigenvalue weighted by atomic mass is 32.2. The van der Waals surface area contributed by atoms with Crippen LogP contribution in [0.1, 0.15) is 16.1 Å². The van der Waals surface area contributed by atoms with Gasteiger partial charge in [-0.3, -0.25) is 4.79 Å². The second-order valence-corrected chi connectivity index (χ2v) is 5.27. The second kappa shape index (κ2) is 4.76. The highest BCUT2D eigenvalue weighted by Crippen LogP contribution is 2.32. The molecular weight excluding hydrogens is 245 g/mol. The molecule has 0 aliphatic heterocycles. The maximum Gasteiger partial charge on any atom is 0.154 e. The van der Waals surface area contributed by atoms with Gasteiger partial charge < -0.3 is 0 Å². The molecule has 0 amide bonds. The topological polar surface area (TPSA) is 30.0 Å². The maximum absolute atomic E-state index is 13.3. The maximum atomic E-state index is 13.3. The van der Waals surface area contributed by atoms with Crippen molar-refractivity contribution in [3.63, 3.8) is 0 Å². The number of carbonyl (C=O) groups is 1. The summed E-state index contributed by atoms with van der Waals surface area (Å²) in [5, 5.41) is 1.92. The number of halogens is 1. The van der Waals surface area contributed by atoms with E-state index in [9.17, 15) is 9.18 Å². The van der Waals surface area contributed by atoms with E-state index in [1.165, 1.54) is 29.2 Å². The summed E-state index contributed by atoms with van der Waals surface area (Å²) < 4.78 is 14.1. The van der Waals surface area contributed by atoms with Crippen LogP contribution in [0.2, 0.25) is 0 Å². The highest BCUT2D eigenvalue weighted by Gasteiger charge is 2.10. The number of nitrogens with zero attached hydrogens (tertiary/aromatic N) is 1. The molecule has 2 nitrogen and oxygen atoms in total. The lowest BCUT2D eigenvalue weighted by molar-refractivity contribution is 0.111. The summed E-state index contributed by atoms with van der Waals surface area (Å²) in [6, 6.07) is 4.58. The van der Waals surface area contributed by atoms with E-state index in [0.29, 0.717) is 11.2 Å². The Morgan fingerprint density at radius 1 is 1.50 bits per heavy atom. The van der Waals surface area contributed by atoms with Crippen molar-refractivity contribution >= 4 is 29.4 Å². The van der Waals surface area contributed by atoms with Crippen molar-refractivity contribution in [3.05, 3.63) is 40.7 Å². The lowest BCUT2D eigenvalue weighted by Crippen LogP contribution is -1.90. The summed E-state index contributed by atoms with van der Waals surface area (Å²) in [6.45, 7) is 1.90. The van der Waals surface area contributed by atoms with Gasteiger partial charge in [-0.2, -0.15) is 0 Å². The van der Waals surface area contributed by atoms with Crippen molar-refractivity contribution in [3.8, 4) is 0 Å². The van der Waals surface area contributed by atoms with Gasteiger partial charge in [0.25, 0.3) is 0 Å². The Morgan fingerprint density at radius 2 is 2.31 bits per heavy atom. The van der Waals surface area contributed by atoms with E-state index in [4.69, 9.17) is 0 Å². The Balaban J connectivity index is 2.34. The first-order valence-corrected chi connectivity index (χ1v) is 6.24. The van der Waals surface area contributed by atoms with Gasteiger partial charge in [-0.05, 0) is 19.1 Å². The molecule has 0 unspecified atom stereocenters. The van der Waals surface area contributed by atoms with Crippen LogP contribution in [-0.2, 0) is 0 Å². The monoisotopic (exact) mass is 253 g/mol. The number of aryl methyl sites for hydroxylation is 1. The van der Waals surface area contributed by atoms with Gasteiger partial charge in [0.15, 0.2) is 10.6 Å². The zero-order valence-electron chi connectivity index (χ0n) is 8.44. The molecular formula is C11H8FNOS2. The molecule has 0 saturated carbocycles. The molecule has 2 aromatic rings. The van der Waals surface area contributed by atoms with Crippen LogP contribution in [-0.4, -0.2) is 11.3 Å². The summed E-state index contributed by atoms with van der Waals surface area (Å²) >= 11 is 2.79. The molecule has 0 aliphatic rings. The molecule has 2 rings (SSSR count). The quantitative estimate of drug-likeness (QED) is 0.783. The van der Waals surface area contributed by atoms with Crippen LogP contribution in [0.15, 0.2) is 32.8 Å². The molecule has 5 heteroatoms. The normalized spacial score (nSPS) is 10.4. The largest absolute Gasteiger partial charge is 0.298 e. The van der Waals surface area contributed by atoms with Crippen LogP contribution < -0.4 is 0 Å². The zero-order chi connectivity index (χ0) is 11.5. The number of hydrogen-bond acceptors (Lipinski definition) is 4. The second-order valence-electron chi connectivity index (χ2n) is 3.13. The van der Waals surface area contributed by atoms with Crippen LogP contribution in [0.25, 0.3) is 0 Å². The predicted molar refractivity (Wildman–Crippen MR) is 62.8 cm³/mol. The molecule has 0 aliphatic carbocycles. The van der Waals surface area contributed by atoms with Crippen LogP contribution in [0.3, 0.4) is 0 Å². The van der Waals surface area contributed by atoms with Crippen LogP contribution >= 0.6 is 23.1 Å². The fraction of sp³-hybridized carbons (Fsp3) is 0.0909. The minimum Gasteiger partial charge on any atom is -0.298 e. The van der Waals surface area contributed by atoms with Gasteiger partial charge >= 0.3 is 0 Å². The fourth-order valence-corrected chi connectivity index (χ4v) is 3.10. The summed E-state index contributed by atoms with van der Waals surface area (Å²) in [4.78, 5) is 15.6. The molecule has 1 heterocycles. The van der Waals surface area contributed by atoms with Gasteiger partial charge in [0, 0.05) is 16.0 Å². The smallest absolute Gasteiger partial charge is 0.154 e. The number of aromatic nitrogens is 1. The average Bonchev–Trinajstić information content (AvgIpc) is 2.64. The number of rotatable bonds is 3. The molecule has 0 N–H and O–H groups in total. The van der Waals surface area contributed by atoms with Crippen molar-refractivity contribution in [2.45, 2.75) is 16.2 Å². The van der Waals surface area contributed by atoms with Crippen molar-refractivity contribution in [2.75, 3.05) is 0 Å². The van der Waals surface area contributed by atoms with Gasteiger partial charge in [0.1, 0.15) is 5.82 Å². The molecule has 0 bridgehead atoms. The highest BCUT2D eigenvalue weighted by molar-refractivity contribution is 8.01. The average molecular weight is 253 g/mol. The molecule has 16 heavy (non-hydrogen) atoms. The first-order valence-electron chi connectivity index (χ1n) is 4.54. The predicted octanol–water partition coefficient (Wildman–Crippen LogP) is 3.55. The standard InChI is InChI=1S/C11H8FNOS2/c1-7-6-15-11(13-7)16-10-4-2-3-9(12)8(10)5-14/h2-6H,1H3. The Bertz CT molecular complexity index is 524. The molecule has 0 radical (unpaired) electrons.